The molecule has 0 bridgehead atoms. The lowest BCUT2D eigenvalue weighted by Crippen LogP contribution is -2.48. The number of amides is 1. The average molecular weight is 494 g/mol. The Morgan fingerprint density at radius 1 is 1.21 bits per heavy atom. The Bertz CT molecular complexity index is 994. The van der Waals surface area contributed by atoms with Gasteiger partial charge in [0.1, 0.15) is 0 Å². The van der Waals surface area contributed by atoms with Gasteiger partial charge in [-0.3, -0.25) is 9.69 Å². The van der Waals surface area contributed by atoms with Crippen LogP contribution in [0.4, 0.5) is 5.13 Å². The number of thiazole rings is 1. The first-order valence-electron chi connectivity index (χ1n) is 9.58. The molecule has 4 rings (SSSR count). The van der Waals surface area contributed by atoms with Crippen LogP contribution in [0.25, 0.3) is 10.2 Å². The van der Waals surface area contributed by atoms with E-state index < -0.39 is 0 Å². The van der Waals surface area contributed by atoms with Crippen LogP contribution >= 0.6 is 38.9 Å². The number of hydrogen-bond acceptors (Lipinski definition) is 5. The molecule has 152 valence electrons. The molecule has 1 N–H and O–H groups in total. The van der Waals surface area contributed by atoms with Crippen molar-refractivity contribution in [2.24, 2.45) is 0 Å². The van der Waals surface area contributed by atoms with Crippen LogP contribution < -0.4 is 10.2 Å². The number of nitrogens with zero attached hydrogens (tertiary/aromatic N) is 3. The number of benzene rings is 2. The molecule has 2 aromatic carbocycles. The molecule has 8 heteroatoms. The van der Waals surface area contributed by atoms with E-state index in [1.807, 2.05) is 36.4 Å². The monoisotopic (exact) mass is 492 g/mol. The smallest absolute Gasteiger partial charge is 0.252 e. The second-order valence-corrected chi connectivity index (χ2v) is 9.34. The summed E-state index contributed by atoms with van der Waals surface area (Å²) in [5.74, 6) is -0.0437. The van der Waals surface area contributed by atoms with Gasteiger partial charge < -0.3 is 10.2 Å². The Balaban J connectivity index is 1.29. The van der Waals surface area contributed by atoms with Crippen molar-refractivity contribution in [3.8, 4) is 0 Å². The fourth-order valence-corrected chi connectivity index (χ4v) is 5.29. The number of carbonyl (C=O) groups excluding carboxylic acids is 1. The van der Waals surface area contributed by atoms with Crippen LogP contribution in [-0.2, 0) is 0 Å². The molecule has 1 amide bonds. The van der Waals surface area contributed by atoms with Gasteiger partial charge in [-0.15, -0.1) is 0 Å². The van der Waals surface area contributed by atoms with Gasteiger partial charge in [-0.05, 0) is 46.6 Å². The highest BCUT2D eigenvalue weighted by Crippen LogP contribution is 2.35. The Morgan fingerprint density at radius 2 is 1.97 bits per heavy atom. The van der Waals surface area contributed by atoms with Crippen LogP contribution in [0.3, 0.4) is 0 Å². The number of hydrogen-bond donors (Lipinski definition) is 1. The molecule has 0 saturated carbocycles. The predicted molar refractivity (Wildman–Crippen MR) is 124 cm³/mol. The van der Waals surface area contributed by atoms with Gasteiger partial charge in [0.25, 0.3) is 5.91 Å². The predicted octanol–water partition coefficient (Wildman–Crippen LogP) is 4.57. The van der Waals surface area contributed by atoms with Crippen LogP contribution in [0.2, 0.25) is 5.02 Å². The van der Waals surface area contributed by atoms with Crippen molar-refractivity contribution >= 4 is 60.1 Å². The molecular weight excluding hydrogens is 472 g/mol. The zero-order chi connectivity index (χ0) is 20.4. The summed E-state index contributed by atoms with van der Waals surface area (Å²) >= 11 is 11.4. The molecule has 1 fully saturated rings. The second kappa shape index (κ2) is 9.00. The molecule has 3 aromatic rings. The molecule has 0 radical (unpaired) electrons. The van der Waals surface area contributed by atoms with Crippen molar-refractivity contribution in [2.75, 3.05) is 44.2 Å². The maximum atomic E-state index is 12.3. The first-order chi connectivity index (χ1) is 14.0. The molecule has 1 aromatic heterocycles. The quantitative estimate of drug-likeness (QED) is 0.565. The molecule has 1 aliphatic rings. The fourth-order valence-electron chi connectivity index (χ4n) is 3.46. The summed E-state index contributed by atoms with van der Waals surface area (Å²) in [6, 6.07) is 11.4. The number of halogens is 2. The molecule has 0 atom stereocenters. The lowest BCUT2D eigenvalue weighted by Gasteiger charge is -2.34. The van der Waals surface area contributed by atoms with Crippen LogP contribution in [0.1, 0.15) is 15.9 Å². The van der Waals surface area contributed by atoms with E-state index >= 15 is 0 Å². The van der Waals surface area contributed by atoms with Gasteiger partial charge in [0, 0.05) is 43.7 Å². The third-order valence-electron chi connectivity index (χ3n) is 5.16. The van der Waals surface area contributed by atoms with E-state index in [9.17, 15) is 4.79 Å². The molecule has 0 spiro atoms. The maximum Gasteiger partial charge on any atom is 0.252 e. The molecule has 5 nitrogen and oxygen atoms in total. The van der Waals surface area contributed by atoms with Gasteiger partial charge in [0.2, 0.25) is 0 Å². The molecule has 0 aliphatic carbocycles. The van der Waals surface area contributed by atoms with Crippen LogP contribution in [0, 0.1) is 6.92 Å². The summed E-state index contributed by atoms with van der Waals surface area (Å²) in [7, 11) is 0. The standard InChI is InChI=1S/C21H22BrClN4OS/c1-14-6-7-17(23)19-18(14)25-21(29-19)27-12-10-26(11-13-27)9-8-24-20(28)15-4-2-3-5-16(15)22/h2-7H,8-13H2,1H3,(H,24,28). The third-order valence-corrected chi connectivity index (χ3v) is 7.43. The average Bonchev–Trinajstić information content (AvgIpc) is 3.18. The normalized spacial score (nSPS) is 15.1. The maximum absolute atomic E-state index is 12.3. The van der Waals surface area contributed by atoms with Crippen molar-refractivity contribution in [2.45, 2.75) is 6.92 Å². The summed E-state index contributed by atoms with van der Waals surface area (Å²) in [6.07, 6.45) is 0. The van der Waals surface area contributed by atoms with Crippen molar-refractivity contribution in [3.63, 3.8) is 0 Å². The summed E-state index contributed by atoms with van der Waals surface area (Å²) in [4.78, 5) is 21.8. The van der Waals surface area contributed by atoms with E-state index in [-0.39, 0.29) is 5.91 Å². The first-order valence-corrected chi connectivity index (χ1v) is 11.6. The van der Waals surface area contributed by atoms with Crippen LogP contribution in [-0.4, -0.2) is 55.1 Å². The van der Waals surface area contributed by atoms with Crippen molar-refractivity contribution in [3.05, 3.63) is 57.0 Å². The second-order valence-electron chi connectivity index (χ2n) is 7.10. The SMILES string of the molecule is Cc1ccc(Cl)c2sc(N3CCN(CCNC(=O)c4ccccc4Br)CC3)nc12. The highest BCUT2D eigenvalue weighted by molar-refractivity contribution is 9.10. The minimum Gasteiger partial charge on any atom is -0.351 e. The summed E-state index contributed by atoms with van der Waals surface area (Å²) < 4.78 is 1.89. The Labute approximate surface area is 187 Å². The minimum absolute atomic E-state index is 0.0437. The Morgan fingerprint density at radius 3 is 2.69 bits per heavy atom. The van der Waals surface area contributed by atoms with E-state index in [4.69, 9.17) is 16.6 Å². The largest absolute Gasteiger partial charge is 0.351 e. The highest BCUT2D eigenvalue weighted by Gasteiger charge is 2.21. The van der Waals surface area contributed by atoms with Gasteiger partial charge >= 0.3 is 0 Å². The van der Waals surface area contributed by atoms with E-state index in [2.05, 4.69) is 38.0 Å². The lowest BCUT2D eigenvalue weighted by molar-refractivity contribution is 0.0947. The Hall–Kier alpha value is -1.67. The summed E-state index contributed by atoms with van der Waals surface area (Å²) in [6.45, 7) is 7.30. The van der Waals surface area contributed by atoms with Crippen molar-refractivity contribution in [1.29, 1.82) is 0 Å². The topological polar surface area (TPSA) is 48.5 Å². The molecule has 1 aliphatic heterocycles. The summed E-state index contributed by atoms with van der Waals surface area (Å²) in [5.41, 5.74) is 2.84. The number of nitrogens with one attached hydrogen (secondary N) is 1. The first kappa shape index (κ1) is 20.6. The van der Waals surface area contributed by atoms with Crippen LogP contribution in [0.15, 0.2) is 40.9 Å². The fraction of sp³-hybridized carbons (Fsp3) is 0.333. The van der Waals surface area contributed by atoms with Crippen molar-refractivity contribution < 1.29 is 4.79 Å². The van der Waals surface area contributed by atoms with E-state index in [1.54, 1.807) is 11.3 Å². The number of carbonyl (C=O) groups is 1. The number of fused-ring (bicyclic) bond motifs is 1. The zero-order valence-corrected chi connectivity index (χ0v) is 19.3. The van der Waals surface area contributed by atoms with Gasteiger partial charge in [-0.2, -0.15) is 0 Å². The van der Waals surface area contributed by atoms with E-state index in [1.165, 1.54) is 0 Å². The van der Waals surface area contributed by atoms with Gasteiger partial charge in [0.15, 0.2) is 5.13 Å². The van der Waals surface area contributed by atoms with Gasteiger partial charge in [-0.1, -0.05) is 41.1 Å². The molecule has 2 heterocycles. The van der Waals surface area contributed by atoms with Crippen LogP contribution in [0.5, 0.6) is 0 Å². The number of aromatic nitrogens is 1. The highest BCUT2D eigenvalue weighted by atomic mass is 79.9. The molecular formula is C21H22BrClN4OS. The number of aryl methyl sites for hydroxylation is 1. The molecule has 0 unspecified atom stereocenters. The van der Waals surface area contributed by atoms with E-state index in [0.717, 1.165) is 63.1 Å². The van der Waals surface area contributed by atoms with E-state index in [0.29, 0.717) is 12.1 Å². The Kier molecular flexibility index (Phi) is 6.39. The number of rotatable bonds is 5. The minimum atomic E-state index is -0.0437. The summed E-state index contributed by atoms with van der Waals surface area (Å²) in [5, 5.41) is 4.82. The number of anilines is 1. The molecule has 29 heavy (non-hydrogen) atoms. The van der Waals surface area contributed by atoms with Crippen molar-refractivity contribution in [1.82, 2.24) is 15.2 Å². The molecule has 1 saturated heterocycles. The lowest BCUT2D eigenvalue weighted by atomic mass is 10.2. The van der Waals surface area contributed by atoms with Gasteiger partial charge in [0.05, 0.1) is 20.8 Å². The third kappa shape index (κ3) is 4.58. The van der Waals surface area contributed by atoms with Gasteiger partial charge in [-0.25, -0.2) is 4.98 Å². The zero-order valence-electron chi connectivity index (χ0n) is 16.1. The number of piperazine rings is 1.